The lowest BCUT2D eigenvalue weighted by Gasteiger charge is -2.26. The van der Waals surface area contributed by atoms with E-state index in [-0.39, 0.29) is 0 Å². The molecule has 1 fully saturated rings. The molecular weight excluding hydrogens is 424 g/mol. The lowest BCUT2D eigenvalue weighted by atomic mass is 9.92. The highest BCUT2D eigenvalue weighted by Gasteiger charge is 2.20. The summed E-state index contributed by atoms with van der Waals surface area (Å²) in [5, 5.41) is 12.4. The van der Waals surface area contributed by atoms with Crippen LogP contribution in [0, 0.1) is 0 Å². The van der Waals surface area contributed by atoms with E-state index >= 15 is 0 Å². The Balaban J connectivity index is 1.31. The lowest BCUT2D eigenvalue weighted by Crippen LogP contribution is -2.33. The number of rotatable bonds is 6. The molecule has 8 nitrogen and oxygen atoms in total. The van der Waals surface area contributed by atoms with Crippen LogP contribution in [0.15, 0.2) is 42.7 Å². The van der Waals surface area contributed by atoms with E-state index in [0.717, 1.165) is 71.7 Å². The molecule has 1 saturated carbocycles. The molecule has 0 bridgehead atoms. The van der Waals surface area contributed by atoms with Crippen molar-refractivity contribution in [2.45, 2.75) is 50.6 Å². The van der Waals surface area contributed by atoms with Crippen molar-refractivity contribution in [2.75, 3.05) is 5.32 Å². The van der Waals surface area contributed by atoms with Gasteiger partial charge in [0.05, 0.1) is 16.8 Å². The number of aryl methyl sites for hydroxylation is 2. The van der Waals surface area contributed by atoms with Gasteiger partial charge in [0.25, 0.3) is 0 Å². The highest BCUT2D eigenvalue weighted by molar-refractivity contribution is 6.30. The highest BCUT2D eigenvalue weighted by atomic mass is 35.5. The Morgan fingerprint density at radius 2 is 1.94 bits per heavy atom. The van der Waals surface area contributed by atoms with Gasteiger partial charge in [0.1, 0.15) is 5.82 Å². The number of nitrogens with two attached hydrogens (primary N) is 1. The van der Waals surface area contributed by atoms with Gasteiger partial charge in [0, 0.05) is 35.9 Å². The molecule has 164 valence electrons. The van der Waals surface area contributed by atoms with Crippen molar-refractivity contribution in [1.82, 2.24) is 30.1 Å². The molecule has 0 atom stereocenters. The molecule has 0 radical (unpaired) electrons. The number of hydrogen-bond acceptors (Lipinski definition) is 7. The first-order valence-electron chi connectivity index (χ1n) is 10.9. The number of halogens is 1. The van der Waals surface area contributed by atoms with Gasteiger partial charge in [-0.3, -0.25) is 5.10 Å². The summed E-state index contributed by atoms with van der Waals surface area (Å²) in [5.74, 6) is 1.36. The molecule has 0 aliphatic heterocycles. The molecule has 5 rings (SSSR count). The molecule has 32 heavy (non-hydrogen) atoms. The minimum Gasteiger partial charge on any atom is -0.351 e. The van der Waals surface area contributed by atoms with Crippen LogP contribution in [0.1, 0.15) is 37.1 Å². The number of fused-ring (bicyclic) bond motifs is 1. The molecule has 1 aliphatic carbocycles. The molecule has 1 aromatic carbocycles. The van der Waals surface area contributed by atoms with Gasteiger partial charge in [-0.25, -0.2) is 15.0 Å². The van der Waals surface area contributed by atoms with Gasteiger partial charge in [-0.1, -0.05) is 23.7 Å². The molecule has 9 heteroatoms. The van der Waals surface area contributed by atoms with Crippen LogP contribution >= 0.6 is 11.6 Å². The number of benzene rings is 1. The van der Waals surface area contributed by atoms with E-state index in [9.17, 15) is 0 Å². The molecule has 0 saturated heterocycles. The topological polar surface area (TPSA) is 118 Å². The summed E-state index contributed by atoms with van der Waals surface area (Å²) >= 11 is 6.08. The molecular formula is C23H25ClN8. The highest BCUT2D eigenvalue weighted by Crippen LogP contribution is 2.25. The number of H-pyrrole nitrogens is 1. The van der Waals surface area contributed by atoms with Gasteiger partial charge in [0.15, 0.2) is 5.65 Å². The second-order valence-electron chi connectivity index (χ2n) is 8.27. The Kier molecular flexibility index (Phi) is 5.96. The molecule has 1 aliphatic rings. The van der Waals surface area contributed by atoms with Crippen LogP contribution in [-0.4, -0.2) is 42.2 Å². The first kappa shape index (κ1) is 20.8. The summed E-state index contributed by atoms with van der Waals surface area (Å²) < 4.78 is 0. The molecule has 0 amide bonds. The van der Waals surface area contributed by atoms with E-state index in [1.807, 2.05) is 24.3 Å². The van der Waals surface area contributed by atoms with Gasteiger partial charge in [-0.15, -0.1) is 0 Å². The average molecular weight is 449 g/mol. The van der Waals surface area contributed by atoms with Crippen molar-refractivity contribution in [1.29, 1.82) is 0 Å². The minimum atomic E-state index is 0.314. The fourth-order valence-corrected chi connectivity index (χ4v) is 4.33. The van der Waals surface area contributed by atoms with E-state index in [2.05, 4.69) is 36.5 Å². The van der Waals surface area contributed by atoms with Crippen LogP contribution in [0.5, 0.6) is 0 Å². The third kappa shape index (κ3) is 4.71. The number of anilines is 1. The molecule has 4 N–H and O–H groups in total. The van der Waals surface area contributed by atoms with Crippen molar-refractivity contribution < 1.29 is 0 Å². The van der Waals surface area contributed by atoms with Crippen molar-refractivity contribution in [3.63, 3.8) is 0 Å². The molecule has 3 aromatic heterocycles. The Labute approximate surface area is 191 Å². The summed E-state index contributed by atoms with van der Waals surface area (Å²) in [6.45, 7) is 0. The number of aromatic amines is 1. The maximum absolute atomic E-state index is 6.08. The predicted molar refractivity (Wildman–Crippen MR) is 125 cm³/mol. The largest absolute Gasteiger partial charge is 0.351 e. The first-order chi connectivity index (χ1) is 15.6. The first-order valence-corrected chi connectivity index (χ1v) is 11.3. The van der Waals surface area contributed by atoms with E-state index in [1.165, 1.54) is 0 Å². The monoisotopic (exact) mass is 448 g/mol. The Bertz CT molecular complexity index is 1220. The molecule has 3 heterocycles. The normalized spacial score (nSPS) is 18.7. The Morgan fingerprint density at radius 1 is 1.06 bits per heavy atom. The minimum absolute atomic E-state index is 0.314. The molecule has 4 aromatic rings. The fourth-order valence-electron chi connectivity index (χ4n) is 4.12. The van der Waals surface area contributed by atoms with Crippen LogP contribution in [0.25, 0.3) is 22.4 Å². The van der Waals surface area contributed by atoms with Gasteiger partial charge in [-0.05, 0) is 55.9 Å². The van der Waals surface area contributed by atoms with Gasteiger partial charge < -0.3 is 11.1 Å². The van der Waals surface area contributed by atoms with Crippen molar-refractivity contribution in [3.8, 4) is 11.4 Å². The van der Waals surface area contributed by atoms with Crippen molar-refractivity contribution in [3.05, 3.63) is 59.1 Å². The van der Waals surface area contributed by atoms with E-state index in [4.69, 9.17) is 22.3 Å². The summed E-state index contributed by atoms with van der Waals surface area (Å²) in [4.78, 5) is 18.3. The third-order valence-corrected chi connectivity index (χ3v) is 6.14. The number of nitrogens with zero attached hydrogens (tertiary/aromatic N) is 5. The zero-order valence-corrected chi connectivity index (χ0v) is 18.4. The lowest BCUT2D eigenvalue weighted by molar-refractivity contribution is 0.410. The smallest absolute Gasteiger partial charge is 0.224 e. The predicted octanol–water partition coefficient (Wildman–Crippen LogP) is 3.93. The summed E-state index contributed by atoms with van der Waals surface area (Å²) in [6, 6.07) is 10.4. The van der Waals surface area contributed by atoms with Crippen LogP contribution in [0.2, 0.25) is 5.02 Å². The summed E-state index contributed by atoms with van der Waals surface area (Å²) in [5.41, 5.74) is 9.34. The second-order valence-corrected chi connectivity index (χ2v) is 8.71. The zero-order chi connectivity index (χ0) is 21.9. The summed E-state index contributed by atoms with van der Waals surface area (Å²) in [7, 11) is 0. The summed E-state index contributed by atoms with van der Waals surface area (Å²) in [6.07, 6.45) is 9.23. The van der Waals surface area contributed by atoms with E-state index < -0.39 is 0 Å². The molecule has 0 spiro atoms. The Morgan fingerprint density at radius 3 is 2.78 bits per heavy atom. The maximum atomic E-state index is 6.08. The van der Waals surface area contributed by atoms with E-state index in [0.29, 0.717) is 23.7 Å². The zero-order valence-electron chi connectivity index (χ0n) is 17.6. The SMILES string of the molecule is NC1CCC(Nc2ncc3c(-c4ccnc(CCc5cccc(Cl)c5)n4)[nH]nc3n2)CC1. The quantitative estimate of drug-likeness (QED) is 0.409. The van der Waals surface area contributed by atoms with Crippen molar-refractivity contribution in [2.24, 2.45) is 5.73 Å². The standard InChI is InChI=1S/C23H25ClN8/c24-15-3-1-2-14(12-15)4-9-20-26-11-10-19(29-20)21-18-13-27-23(30-22(18)32-31-21)28-17-7-5-16(25)6-8-17/h1-3,10-13,16-17H,4-9,25H2,(H2,27,28,30,31,32). The second kappa shape index (κ2) is 9.18. The van der Waals surface area contributed by atoms with Crippen LogP contribution in [-0.2, 0) is 12.8 Å². The van der Waals surface area contributed by atoms with Gasteiger partial charge >= 0.3 is 0 Å². The van der Waals surface area contributed by atoms with Crippen LogP contribution in [0.3, 0.4) is 0 Å². The van der Waals surface area contributed by atoms with Crippen LogP contribution < -0.4 is 11.1 Å². The van der Waals surface area contributed by atoms with Crippen LogP contribution in [0.4, 0.5) is 5.95 Å². The Hall–Kier alpha value is -3.10. The number of hydrogen-bond donors (Lipinski definition) is 3. The third-order valence-electron chi connectivity index (χ3n) is 5.90. The van der Waals surface area contributed by atoms with Gasteiger partial charge in [0.2, 0.25) is 5.95 Å². The number of nitrogens with one attached hydrogen (secondary N) is 2. The van der Waals surface area contributed by atoms with Gasteiger partial charge in [-0.2, -0.15) is 10.1 Å². The fraction of sp³-hybridized carbons (Fsp3) is 0.348. The maximum Gasteiger partial charge on any atom is 0.224 e. The molecule has 0 unspecified atom stereocenters. The van der Waals surface area contributed by atoms with Crippen molar-refractivity contribution >= 4 is 28.6 Å². The van der Waals surface area contributed by atoms with E-state index in [1.54, 1.807) is 12.4 Å². The number of aromatic nitrogens is 6. The average Bonchev–Trinajstić information content (AvgIpc) is 3.23.